The van der Waals surface area contributed by atoms with Crippen molar-refractivity contribution in [2.45, 2.75) is 39.2 Å². The van der Waals surface area contributed by atoms with Crippen molar-refractivity contribution in [3.8, 4) is 0 Å². The van der Waals surface area contributed by atoms with Gasteiger partial charge in [0.2, 0.25) is 0 Å². The summed E-state index contributed by atoms with van der Waals surface area (Å²) in [6, 6.07) is 10.1. The highest BCUT2D eigenvalue weighted by Gasteiger charge is 2.24. The molecule has 0 bridgehead atoms. The van der Waals surface area contributed by atoms with E-state index in [2.05, 4.69) is 38.2 Å². The van der Waals surface area contributed by atoms with E-state index in [1.165, 1.54) is 6.42 Å². The molecular weight excluding hydrogens is 210 g/mol. The third kappa shape index (κ3) is 4.49. The van der Waals surface area contributed by atoms with E-state index in [0.29, 0.717) is 0 Å². The monoisotopic (exact) mass is 235 g/mol. The minimum Gasteiger partial charge on any atom is -0.394 e. The van der Waals surface area contributed by atoms with Gasteiger partial charge < -0.3 is 10.4 Å². The molecule has 1 atom stereocenters. The first kappa shape index (κ1) is 14.2. The van der Waals surface area contributed by atoms with Gasteiger partial charge in [-0.25, -0.2) is 0 Å². The largest absolute Gasteiger partial charge is 0.394 e. The molecule has 0 amide bonds. The van der Waals surface area contributed by atoms with E-state index >= 15 is 0 Å². The second kappa shape index (κ2) is 6.77. The predicted octanol–water partition coefficient (Wildman–Crippen LogP) is 2.92. The van der Waals surface area contributed by atoms with Gasteiger partial charge in [-0.3, -0.25) is 0 Å². The summed E-state index contributed by atoms with van der Waals surface area (Å²) in [6.45, 7) is 7.60. The van der Waals surface area contributed by atoms with E-state index in [1.54, 1.807) is 0 Å². The Hall–Kier alpha value is -0.860. The van der Waals surface area contributed by atoms with E-state index in [4.69, 9.17) is 0 Å². The van der Waals surface area contributed by atoms with Crippen LogP contribution in [0, 0.1) is 5.92 Å². The van der Waals surface area contributed by atoms with E-state index in [-0.39, 0.29) is 12.1 Å². The Labute approximate surface area is 105 Å². The van der Waals surface area contributed by atoms with Gasteiger partial charge in [-0.2, -0.15) is 0 Å². The van der Waals surface area contributed by atoms with Crippen LogP contribution in [-0.2, 0) is 5.54 Å². The molecule has 1 aromatic carbocycles. The molecule has 0 radical (unpaired) electrons. The van der Waals surface area contributed by atoms with Crippen molar-refractivity contribution in [2.24, 2.45) is 5.92 Å². The molecule has 1 rings (SSSR count). The number of hydrogen-bond acceptors (Lipinski definition) is 2. The molecule has 0 aliphatic heterocycles. The number of rotatable bonds is 7. The molecule has 0 fully saturated rings. The third-order valence-corrected chi connectivity index (χ3v) is 3.20. The van der Waals surface area contributed by atoms with Crippen molar-refractivity contribution in [1.82, 2.24) is 5.32 Å². The predicted molar refractivity (Wildman–Crippen MR) is 73.0 cm³/mol. The topological polar surface area (TPSA) is 32.3 Å². The van der Waals surface area contributed by atoms with Crippen LogP contribution >= 0.6 is 0 Å². The van der Waals surface area contributed by atoms with Crippen molar-refractivity contribution >= 4 is 0 Å². The quantitative estimate of drug-likeness (QED) is 0.712. The van der Waals surface area contributed by atoms with Gasteiger partial charge in [0.15, 0.2) is 0 Å². The zero-order valence-electron chi connectivity index (χ0n) is 11.2. The van der Waals surface area contributed by atoms with Crippen LogP contribution in [0.25, 0.3) is 0 Å². The molecule has 2 N–H and O–H groups in total. The van der Waals surface area contributed by atoms with Gasteiger partial charge in [0, 0.05) is 0 Å². The fourth-order valence-electron chi connectivity index (χ4n) is 1.93. The Morgan fingerprint density at radius 3 is 2.41 bits per heavy atom. The number of nitrogens with one attached hydrogen (secondary N) is 1. The molecule has 0 saturated heterocycles. The van der Waals surface area contributed by atoms with Gasteiger partial charge in [-0.15, -0.1) is 0 Å². The maximum Gasteiger partial charge on any atom is 0.0652 e. The summed E-state index contributed by atoms with van der Waals surface area (Å²) in [6.07, 6.45) is 2.38. The zero-order chi connectivity index (χ0) is 12.7. The fraction of sp³-hybridized carbons (Fsp3) is 0.600. The van der Waals surface area contributed by atoms with Crippen molar-refractivity contribution in [3.05, 3.63) is 35.9 Å². The van der Waals surface area contributed by atoms with Crippen LogP contribution in [0.2, 0.25) is 0 Å². The average molecular weight is 235 g/mol. The molecule has 0 aromatic heterocycles. The second-order valence-corrected chi connectivity index (χ2v) is 5.32. The summed E-state index contributed by atoms with van der Waals surface area (Å²) < 4.78 is 0. The van der Waals surface area contributed by atoms with Crippen molar-refractivity contribution < 1.29 is 5.11 Å². The summed E-state index contributed by atoms with van der Waals surface area (Å²) in [4.78, 5) is 0. The molecule has 0 saturated carbocycles. The van der Waals surface area contributed by atoms with Crippen LogP contribution in [-0.4, -0.2) is 18.3 Å². The lowest BCUT2D eigenvalue weighted by Gasteiger charge is -2.29. The lowest BCUT2D eigenvalue weighted by Crippen LogP contribution is -2.43. The maximum atomic E-state index is 9.58. The number of aliphatic hydroxyl groups excluding tert-OH is 1. The Morgan fingerprint density at radius 1 is 1.24 bits per heavy atom. The van der Waals surface area contributed by atoms with E-state index < -0.39 is 0 Å². The minimum atomic E-state index is -0.321. The normalized spacial score (nSPS) is 14.9. The van der Waals surface area contributed by atoms with Crippen LogP contribution in [0.5, 0.6) is 0 Å². The van der Waals surface area contributed by atoms with Crippen LogP contribution < -0.4 is 5.32 Å². The van der Waals surface area contributed by atoms with Gasteiger partial charge in [-0.05, 0) is 37.8 Å². The van der Waals surface area contributed by atoms with Gasteiger partial charge in [0.05, 0.1) is 12.1 Å². The molecule has 1 unspecified atom stereocenters. The molecule has 0 aliphatic carbocycles. The zero-order valence-corrected chi connectivity index (χ0v) is 11.2. The smallest absolute Gasteiger partial charge is 0.0652 e. The van der Waals surface area contributed by atoms with Crippen LogP contribution in [0.15, 0.2) is 30.3 Å². The van der Waals surface area contributed by atoms with E-state index in [9.17, 15) is 5.11 Å². The van der Waals surface area contributed by atoms with Crippen LogP contribution in [0.1, 0.15) is 39.2 Å². The molecule has 0 spiro atoms. The summed E-state index contributed by atoms with van der Waals surface area (Å²) in [5.41, 5.74) is 0.824. The summed E-state index contributed by atoms with van der Waals surface area (Å²) in [5, 5.41) is 13.1. The maximum absolute atomic E-state index is 9.58. The minimum absolute atomic E-state index is 0.124. The first-order chi connectivity index (χ1) is 8.08. The molecular formula is C15H25NO. The third-order valence-electron chi connectivity index (χ3n) is 3.20. The van der Waals surface area contributed by atoms with Crippen molar-refractivity contribution in [3.63, 3.8) is 0 Å². The van der Waals surface area contributed by atoms with Crippen molar-refractivity contribution in [1.29, 1.82) is 0 Å². The lowest BCUT2D eigenvalue weighted by molar-refractivity contribution is 0.174. The highest BCUT2D eigenvalue weighted by molar-refractivity contribution is 5.23. The van der Waals surface area contributed by atoms with Gasteiger partial charge >= 0.3 is 0 Å². The Bertz CT molecular complexity index is 310. The van der Waals surface area contributed by atoms with E-state index in [1.807, 2.05) is 18.2 Å². The fourth-order valence-corrected chi connectivity index (χ4v) is 1.93. The number of aliphatic hydroxyl groups is 1. The molecule has 2 nitrogen and oxygen atoms in total. The summed E-state index contributed by atoms with van der Waals surface area (Å²) in [5.74, 6) is 0.744. The lowest BCUT2D eigenvalue weighted by atomic mass is 9.92. The molecule has 0 heterocycles. The number of hydrogen-bond donors (Lipinski definition) is 2. The van der Waals surface area contributed by atoms with Crippen molar-refractivity contribution in [2.75, 3.05) is 13.2 Å². The Kier molecular flexibility index (Phi) is 5.66. The number of benzene rings is 1. The van der Waals surface area contributed by atoms with Gasteiger partial charge in [0.25, 0.3) is 0 Å². The first-order valence-electron chi connectivity index (χ1n) is 6.50. The second-order valence-electron chi connectivity index (χ2n) is 5.32. The van der Waals surface area contributed by atoms with Gasteiger partial charge in [0.1, 0.15) is 0 Å². The molecule has 96 valence electrons. The highest BCUT2D eigenvalue weighted by Crippen LogP contribution is 2.19. The Morgan fingerprint density at radius 2 is 1.88 bits per heavy atom. The molecule has 17 heavy (non-hydrogen) atoms. The molecule has 1 aromatic rings. The Balaban J connectivity index is 2.52. The van der Waals surface area contributed by atoms with Crippen LogP contribution in [0.4, 0.5) is 0 Å². The molecule has 2 heteroatoms. The first-order valence-corrected chi connectivity index (χ1v) is 6.50. The molecule has 0 aliphatic rings. The summed E-state index contributed by atoms with van der Waals surface area (Å²) in [7, 11) is 0. The SMILES string of the molecule is CC(C)CCCNC(C)(CO)c1ccccc1. The van der Waals surface area contributed by atoms with E-state index in [0.717, 1.165) is 24.4 Å². The highest BCUT2D eigenvalue weighted by atomic mass is 16.3. The summed E-state index contributed by atoms with van der Waals surface area (Å²) >= 11 is 0. The van der Waals surface area contributed by atoms with Gasteiger partial charge in [-0.1, -0.05) is 44.2 Å². The standard InChI is InChI=1S/C15H25NO/c1-13(2)8-7-11-16-15(3,12-17)14-9-5-4-6-10-14/h4-6,9-10,13,16-17H,7-8,11-12H2,1-3H3. The average Bonchev–Trinajstić information content (AvgIpc) is 2.35. The van der Waals surface area contributed by atoms with Crippen LogP contribution in [0.3, 0.4) is 0 Å².